The summed E-state index contributed by atoms with van der Waals surface area (Å²) in [5.74, 6) is 1.76. The monoisotopic (exact) mass is 405 g/mol. The highest BCUT2D eigenvalue weighted by molar-refractivity contribution is 6.31. The average molecular weight is 406 g/mol. The van der Waals surface area contributed by atoms with E-state index in [4.69, 9.17) is 16.3 Å². The number of carbonyl (C=O) groups is 1. The lowest BCUT2D eigenvalue weighted by Gasteiger charge is -2.41. The highest BCUT2D eigenvalue weighted by Gasteiger charge is 2.34. The first-order valence-corrected chi connectivity index (χ1v) is 9.85. The van der Waals surface area contributed by atoms with E-state index in [9.17, 15) is 4.79 Å². The highest BCUT2D eigenvalue weighted by atomic mass is 35.5. The van der Waals surface area contributed by atoms with Crippen molar-refractivity contribution in [3.63, 3.8) is 0 Å². The molecule has 0 radical (unpaired) electrons. The van der Waals surface area contributed by atoms with Crippen LogP contribution in [0.3, 0.4) is 0 Å². The summed E-state index contributed by atoms with van der Waals surface area (Å²) in [6.45, 7) is 10.00. The second kappa shape index (κ2) is 8.09. The quantitative estimate of drug-likeness (QED) is 0.781. The van der Waals surface area contributed by atoms with Gasteiger partial charge in [0.15, 0.2) is 0 Å². The lowest BCUT2D eigenvalue weighted by molar-refractivity contribution is 0.00150. The third-order valence-corrected chi connectivity index (χ3v) is 5.28. The minimum atomic E-state index is -0.524. The first-order chi connectivity index (χ1) is 13.2. The summed E-state index contributed by atoms with van der Waals surface area (Å²) in [5, 5.41) is 9.14. The predicted octanol–water partition coefficient (Wildman–Crippen LogP) is 3.57. The van der Waals surface area contributed by atoms with E-state index in [-0.39, 0.29) is 12.1 Å². The second-order valence-electron chi connectivity index (χ2n) is 8.16. The Hall–Kier alpha value is -2.12. The van der Waals surface area contributed by atoms with E-state index in [1.807, 2.05) is 63.6 Å². The molecule has 152 valence electrons. The second-order valence-corrected chi connectivity index (χ2v) is 8.56. The van der Waals surface area contributed by atoms with Crippen molar-refractivity contribution in [2.45, 2.75) is 45.9 Å². The van der Waals surface area contributed by atoms with Gasteiger partial charge in [-0.2, -0.15) is 0 Å². The molecule has 28 heavy (non-hydrogen) atoms. The summed E-state index contributed by atoms with van der Waals surface area (Å²) < 4.78 is 7.57. The zero-order valence-electron chi connectivity index (χ0n) is 17.1. The highest BCUT2D eigenvalue weighted by Crippen LogP contribution is 2.32. The van der Waals surface area contributed by atoms with Gasteiger partial charge in [0.25, 0.3) is 0 Å². The maximum Gasteiger partial charge on any atom is 0.410 e. The van der Waals surface area contributed by atoms with E-state index in [0.717, 1.165) is 17.2 Å². The molecule has 2 heterocycles. The van der Waals surface area contributed by atoms with Crippen molar-refractivity contribution in [1.82, 2.24) is 24.6 Å². The van der Waals surface area contributed by atoms with Gasteiger partial charge in [-0.05, 0) is 39.3 Å². The van der Waals surface area contributed by atoms with Gasteiger partial charge in [-0.3, -0.25) is 4.90 Å². The number of halogens is 1. The van der Waals surface area contributed by atoms with E-state index in [1.165, 1.54) is 0 Å². The largest absolute Gasteiger partial charge is 0.444 e. The zero-order valence-corrected chi connectivity index (χ0v) is 17.9. The van der Waals surface area contributed by atoms with Crippen molar-refractivity contribution < 1.29 is 9.53 Å². The molecule has 3 rings (SSSR count). The summed E-state index contributed by atoms with van der Waals surface area (Å²) in [6.07, 6.45) is -0.293. The molecule has 0 aliphatic carbocycles. The van der Waals surface area contributed by atoms with Gasteiger partial charge in [0.1, 0.15) is 17.2 Å². The fourth-order valence-electron chi connectivity index (χ4n) is 3.31. The lowest BCUT2D eigenvalue weighted by atomic mass is 10.0. The van der Waals surface area contributed by atoms with Crippen LogP contribution in [0.25, 0.3) is 0 Å². The van der Waals surface area contributed by atoms with Crippen LogP contribution in [0.4, 0.5) is 4.79 Å². The van der Waals surface area contributed by atoms with E-state index in [2.05, 4.69) is 15.1 Å². The number of benzene rings is 1. The van der Waals surface area contributed by atoms with Crippen LogP contribution in [0.15, 0.2) is 24.3 Å². The van der Waals surface area contributed by atoms with Crippen LogP contribution in [0.2, 0.25) is 5.02 Å². The Bertz CT molecular complexity index is 845. The molecule has 0 saturated carbocycles. The molecule has 8 heteroatoms. The number of aromatic nitrogens is 3. The normalized spacial score (nSPS) is 18.4. The predicted molar refractivity (Wildman–Crippen MR) is 108 cm³/mol. The van der Waals surface area contributed by atoms with Crippen molar-refractivity contribution in [3.05, 3.63) is 46.5 Å². The van der Waals surface area contributed by atoms with Crippen molar-refractivity contribution in [2.75, 3.05) is 19.6 Å². The number of ether oxygens (including phenoxy) is 1. The molecule has 1 fully saturated rings. The molecule has 1 aromatic heterocycles. The number of rotatable bonds is 3. The van der Waals surface area contributed by atoms with Gasteiger partial charge >= 0.3 is 6.09 Å². The molecule has 0 bridgehead atoms. The van der Waals surface area contributed by atoms with Crippen molar-refractivity contribution in [1.29, 1.82) is 0 Å². The summed E-state index contributed by atoms with van der Waals surface area (Å²) in [7, 11) is 1.96. The van der Waals surface area contributed by atoms with Crippen LogP contribution in [0.1, 0.15) is 44.0 Å². The Balaban J connectivity index is 1.85. The number of piperazine rings is 1. The van der Waals surface area contributed by atoms with Crippen LogP contribution in [-0.2, 0) is 18.3 Å². The number of amides is 1. The van der Waals surface area contributed by atoms with Crippen molar-refractivity contribution in [3.8, 4) is 0 Å². The Labute approximate surface area is 171 Å². The first kappa shape index (κ1) is 20.6. The number of nitrogens with zero attached hydrogens (tertiary/aromatic N) is 5. The van der Waals surface area contributed by atoms with E-state index in [1.54, 1.807) is 4.90 Å². The lowest BCUT2D eigenvalue weighted by Crippen LogP contribution is -2.51. The van der Waals surface area contributed by atoms with E-state index < -0.39 is 5.60 Å². The molecular weight excluding hydrogens is 378 g/mol. The summed E-state index contributed by atoms with van der Waals surface area (Å²) in [4.78, 5) is 16.7. The molecule has 1 atom stereocenters. The maximum atomic E-state index is 12.6. The third kappa shape index (κ3) is 4.64. The number of hydrogen-bond acceptors (Lipinski definition) is 5. The van der Waals surface area contributed by atoms with Crippen LogP contribution >= 0.6 is 11.6 Å². The fourth-order valence-corrected chi connectivity index (χ4v) is 3.57. The minimum absolute atomic E-state index is 0.0491. The van der Waals surface area contributed by atoms with E-state index in [0.29, 0.717) is 31.2 Å². The van der Waals surface area contributed by atoms with Gasteiger partial charge in [0, 0.05) is 31.7 Å². The summed E-state index contributed by atoms with van der Waals surface area (Å²) in [5.41, 5.74) is 0.473. The molecule has 1 unspecified atom stereocenters. The number of aryl methyl sites for hydroxylation is 1. The molecule has 0 spiro atoms. The first-order valence-electron chi connectivity index (χ1n) is 9.47. The van der Waals surface area contributed by atoms with Crippen molar-refractivity contribution >= 4 is 17.7 Å². The summed E-state index contributed by atoms with van der Waals surface area (Å²) in [6, 6.07) is 7.73. The third-order valence-electron chi connectivity index (χ3n) is 4.93. The van der Waals surface area contributed by atoms with Crippen LogP contribution in [0.5, 0.6) is 0 Å². The van der Waals surface area contributed by atoms with Gasteiger partial charge in [0.2, 0.25) is 0 Å². The van der Waals surface area contributed by atoms with E-state index >= 15 is 0 Å². The fraction of sp³-hybridized carbons (Fsp3) is 0.550. The molecule has 0 N–H and O–H groups in total. The van der Waals surface area contributed by atoms with Gasteiger partial charge < -0.3 is 14.2 Å². The standard InChI is InChI=1S/C20H28ClN5O2/c1-14-22-23-18(24(14)5)13-25-10-11-26(19(27)28-20(2,3)4)12-17(25)15-8-6-7-9-16(15)21/h6-9,17H,10-13H2,1-5H3. The van der Waals surface area contributed by atoms with Crippen LogP contribution in [-0.4, -0.2) is 55.9 Å². The Kier molecular flexibility index (Phi) is 5.95. The average Bonchev–Trinajstić information content (AvgIpc) is 2.93. The molecule has 2 aromatic rings. The van der Waals surface area contributed by atoms with Crippen LogP contribution in [0, 0.1) is 6.92 Å². The molecular formula is C20H28ClN5O2. The Morgan fingerprint density at radius 1 is 1.25 bits per heavy atom. The zero-order chi connectivity index (χ0) is 20.5. The maximum absolute atomic E-state index is 12.6. The smallest absolute Gasteiger partial charge is 0.410 e. The number of carbonyl (C=O) groups excluding carboxylic acids is 1. The van der Waals surface area contributed by atoms with Gasteiger partial charge in [-0.25, -0.2) is 4.79 Å². The molecule has 7 nitrogen and oxygen atoms in total. The van der Waals surface area contributed by atoms with Gasteiger partial charge in [0.05, 0.1) is 12.6 Å². The summed E-state index contributed by atoms with van der Waals surface area (Å²) >= 11 is 6.50. The molecule has 1 aliphatic rings. The Morgan fingerprint density at radius 2 is 1.96 bits per heavy atom. The minimum Gasteiger partial charge on any atom is -0.444 e. The van der Waals surface area contributed by atoms with Gasteiger partial charge in [-0.15, -0.1) is 10.2 Å². The SMILES string of the molecule is Cc1nnc(CN2CCN(C(=O)OC(C)(C)C)CC2c2ccccc2Cl)n1C. The van der Waals surface area contributed by atoms with Crippen molar-refractivity contribution in [2.24, 2.45) is 7.05 Å². The molecule has 1 aliphatic heterocycles. The van der Waals surface area contributed by atoms with Crippen LogP contribution < -0.4 is 0 Å². The van der Waals surface area contributed by atoms with Gasteiger partial charge in [-0.1, -0.05) is 29.8 Å². The Morgan fingerprint density at radius 3 is 2.57 bits per heavy atom. The molecule has 1 amide bonds. The topological polar surface area (TPSA) is 63.5 Å². The number of hydrogen-bond donors (Lipinski definition) is 0. The molecule has 1 aromatic carbocycles. The molecule has 1 saturated heterocycles.